The minimum Gasteiger partial charge on any atom is -0.726 e. The van der Waals surface area contributed by atoms with Crippen LogP contribution in [0.1, 0.15) is 120 Å². The van der Waals surface area contributed by atoms with Crippen LogP contribution in [-0.2, 0) is 85.8 Å². The first kappa shape index (κ1) is 73.9. The van der Waals surface area contributed by atoms with Gasteiger partial charge in [0.1, 0.15) is 109 Å². The van der Waals surface area contributed by atoms with Crippen molar-refractivity contribution in [3.05, 3.63) is 11.6 Å². The summed E-state index contributed by atoms with van der Waals surface area (Å²) in [4.78, 5) is 27.6. The number of aliphatic hydroxyl groups is 10. The van der Waals surface area contributed by atoms with Crippen LogP contribution in [0.5, 0.6) is 0 Å². The van der Waals surface area contributed by atoms with E-state index in [2.05, 4.69) is 47.6 Å². The third-order valence-electron chi connectivity index (χ3n) is 22.1. The molecule has 4 aliphatic carbocycles. The molecule has 10 rings (SSSR count). The van der Waals surface area contributed by atoms with Crippen LogP contribution in [0, 0.1) is 45.3 Å². The number of ether oxygens (including phenoxy) is 13. The zero-order valence-corrected chi connectivity index (χ0v) is 56.4. The number of rotatable bonds is 19. The number of fused-ring (bicyclic) bond motifs is 4. The average molecular weight is 1340 g/mol. The van der Waals surface area contributed by atoms with Crippen LogP contribution in [0.25, 0.3) is 0 Å². The van der Waals surface area contributed by atoms with Crippen molar-refractivity contribution in [2.75, 3.05) is 33.5 Å². The van der Waals surface area contributed by atoms with Crippen LogP contribution < -0.4 is 29.6 Å². The Balaban J connectivity index is 0.00000980. The first-order valence-electron chi connectivity index (χ1n) is 31.6. The van der Waals surface area contributed by atoms with E-state index in [1.165, 1.54) is 21.0 Å². The summed E-state index contributed by atoms with van der Waals surface area (Å²) in [5, 5.41) is 111. The molecule has 31 atom stereocenters. The SMILES string of the molecule is CO[C@@H]1[C@@H](O)[C@H](O[C@@H]2[C@@H](O)[C@H](O[C@H]3[C@H](O)[C@@H](O[C@@H]4OC[C@@H](O)[C@H](O)[C@H]4O)[C@H](O[C@H]4[C@H](OC5CC[C@]6(C)[C@H]7CCC89C(=O)O[C@@](C)(CCCC(C)C)C8C(OC(C)=O)C[C@@]9(C)C7=CC[C@H]6C5(C)C)OC[C@@H](OS(=O)(=O)[O-])[C@@H]4O)O[C@@H]3C)OC[C@H]2O)O[C@H](CO)[C@H]1O.[Na+]. The van der Waals surface area contributed by atoms with Gasteiger partial charge in [0, 0.05) is 19.4 Å². The van der Waals surface area contributed by atoms with Crippen LogP contribution in [0.3, 0.4) is 0 Å². The van der Waals surface area contributed by atoms with Crippen molar-refractivity contribution in [3.63, 3.8) is 0 Å². The molecule has 6 saturated heterocycles. The molecule has 6 heterocycles. The number of cyclic esters (lactones) is 1. The molecule has 1 spiro atoms. The predicted octanol–water partition coefficient (Wildman–Crippen LogP) is -4.18. The topological polar surface area (TPSA) is 423 Å². The van der Waals surface area contributed by atoms with Crippen LogP contribution >= 0.6 is 0 Å². The largest absolute Gasteiger partial charge is 1.00 e. The zero-order chi connectivity index (χ0) is 65.7. The van der Waals surface area contributed by atoms with Gasteiger partial charge in [0.2, 0.25) is 10.4 Å². The van der Waals surface area contributed by atoms with Gasteiger partial charge in [0.15, 0.2) is 31.5 Å². The van der Waals surface area contributed by atoms with Crippen molar-refractivity contribution >= 4 is 22.3 Å². The third kappa shape index (κ3) is 13.6. The fourth-order valence-corrected chi connectivity index (χ4v) is 18.1. The Morgan fingerprint density at radius 2 is 1.33 bits per heavy atom. The first-order valence-corrected chi connectivity index (χ1v) is 32.9. The number of hydrogen-bond acceptors (Lipinski definition) is 29. The van der Waals surface area contributed by atoms with Crippen LogP contribution in [0.15, 0.2) is 11.6 Å². The molecule has 10 aliphatic rings. The second-order valence-corrected chi connectivity index (χ2v) is 29.4. The third-order valence-corrected chi connectivity index (χ3v) is 22.6. The van der Waals surface area contributed by atoms with Crippen LogP contribution in [-0.4, -0.2) is 263 Å². The molecule has 0 aromatic carbocycles. The van der Waals surface area contributed by atoms with Crippen molar-refractivity contribution in [1.82, 2.24) is 0 Å². The molecule has 3 saturated carbocycles. The number of carbonyl (C=O) groups excluding carboxylic acids is 2. The van der Waals surface area contributed by atoms with Crippen molar-refractivity contribution in [2.45, 2.75) is 273 Å². The average Bonchev–Trinajstić information content (AvgIpc) is 1.53. The maximum Gasteiger partial charge on any atom is 1.00 e. The van der Waals surface area contributed by atoms with Crippen LogP contribution in [0.2, 0.25) is 0 Å². The maximum absolute atomic E-state index is 14.8. The van der Waals surface area contributed by atoms with Gasteiger partial charge in [-0.1, -0.05) is 59.6 Å². The molecule has 29 nitrogen and oxygen atoms in total. The Morgan fingerprint density at radius 3 is 1.98 bits per heavy atom. The Hall–Kier alpha value is -1.29. The Kier molecular flexibility index (Phi) is 22.9. The Bertz CT molecular complexity index is 2680. The standard InChI is InChI=1S/C60H96O29S.Na/c1-25(2)12-11-17-59(9)49-32(81-27(4)62)20-58(8)29-13-14-35-56(5,6)36(16-18-57(35,7)28(29)15-19-60(49,58)55(72)88-59)83-53-47(39(67)34(24-79-53)89-90(73,74)75)87-54-48(86-50-40(68)37(65)30(63)22-77-50)41(69)44(26(3)80-54)84-51-42(70)45(31(64)23-78-51)85-52-43(71)46(76-10)38(66)33(21-61)82-52;/h13,25-26,28,30-54,61,63-71H,11-12,14-24H2,1-10H3,(H,73,74,75);/q;+1/p-1/t26-,28+,30-,31-,32?,33-,34-,35+,36?,37+,38-,39+,40-,41+,42-,43-,44-,45+,46+,47-,48-,49?,50+,51+,52+,53+,54+,57-,58+,59+,60?;/m1./s1. The molecule has 31 heteroatoms. The summed E-state index contributed by atoms with van der Waals surface area (Å²) in [5.41, 5.74) is -2.39. The van der Waals surface area contributed by atoms with Crippen molar-refractivity contribution < 1.29 is 169 Å². The van der Waals surface area contributed by atoms with Gasteiger partial charge in [-0.2, -0.15) is 0 Å². The van der Waals surface area contributed by atoms with E-state index in [0.29, 0.717) is 50.9 Å². The van der Waals surface area contributed by atoms with Crippen LogP contribution in [0.4, 0.5) is 0 Å². The molecule has 9 fully saturated rings. The number of allylic oxidation sites excluding steroid dienone is 2. The van der Waals surface area contributed by atoms with E-state index in [9.17, 15) is 73.6 Å². The molecule has 4 unspecified atom stereocenters. The van der Waals surface area contributed by atoms with Gasteiger partial charge in [-0.25, -0.2) is 8.42 Å². The first-order chi connectivity index (χ1) is 42.2. The number of esters is 2. The van der Waals surface area contributed by atoms with E-state index in [1.807, 2.05) is 6.92 Å². The minimum atomic E-state index is -5.51. The van der Waals surface area contributed by atoms with E-state index < -0.39 is 212 Å². The Labute approximate surface area is 552 Å². The molecule has 10 N–H and O–H groups in total. The number of methoxy groups -OCH3 is 1. The Morgan fingerprint density at radius 1 is 0.714 bits per heavy atom. The van der Waals surface area contributed by atoms with E-state index in [1.54, 1.807) is 0 Å². The zero-order valence-electron chi connectivity index (χ0n) is 53.6. The maximum atomic E-state index is 14.8. The summed E-state index contributed by atoms with van der Waals surface area (Å²) in [5.74, 6) is -0.646. The van der Waals surface area contributed by atoms with Crippen molar-refractivity contribution in [3.8, 4) is 0 Å². The summed E-state index contributed by atoms with van der Waals surface area (Å²) in [6, 6.07) is 0. The van der Waals surface area contributed by atoms with Gasteiger partial charge in [-0.05, 0) is 93.8 Å². The number of hydrogen-bond donors (Lipinski definition) is 10. The quantitative estimate of drug-likeness (QED) is 0.0193. The molecule has 0 aromatic heterocycles. The predicted molar refractivity (Wildman–Crippen MR) is 301 cm³/mol. The molecule has 516 valence electrons. The monoisotopic (exact) mass is 1330 g/mol. The number of carbonyl (C=O) groups is 2. The summed E-state index contributed by atoms with van der Waals surface area (Å²) >= 11 is 0. The smallest absolute Gasteiger partial charge is 0.726 e. The normalized spacial score (nSPS) is 49.7. The van der Waals surface area contributed by atoms with Gasteiger partial charge < -0.3 is 117 Å². The molecule has 0 aromatic rings. The van der Waals surface area contributed by atoms with Gasteiger partial charge in [0.05, 0.1) is 50.0 Å². The van der Waals surface area contributed by atoms with E-state index in [0.717, 1.165) is 18.4 Å². The van der Waals surface area contributed by atoms with Crippen molar-refractivity contribution in [2.24, 2.45) is 45.3 Å². The fourth-order valence-electron chi connectivity index (χ4n) is 17.7. The molecular weight excluding hydrogens is 1240 g/mol. The summed E-state index contributed by atoms with van der Waals surface area (Å²) in [6.45, 7) is 15.1. The van der Waals surface area contributed by atoms with E-state index >= 15 is 0 Å². The van der Waals surface area contributed by atoms with Gasteiger partial charge in [-0.15, -0.1) is 0 Å². The minimum absolute atomic E-state index is 0. The fraction of sp³-hybridized carbons (Fsp3) is 0.933. The molecule has 0 radical (unpaired) electrons. The molecule has 0 amide bonds. The molecule has 91 heavy (non-hydrogen) atoms. The number of aliphatic hydroxyl groups excluding tert-OH is 10. The summed E-state index contributed by atoms with van der Waals surface area (Å²) in [7, 11) is -4.32. The van der Waals surface area contributed by atoms with Gasteiger partial charge in [0.25, 0.3) is 0 Å². The van der Waals surface area contributed by atoms with E-state index in [-0.39, 0.29) is 58.7 Å². The van der Waals surface area contributed by atoms with Crippen molar-refractivity contribution in [1.29, 1.82) is 0 Å². The summed E-state index contributed by atoms with van der Waals surface area (Å²) in [6.07, 6.45) is -31.2. The second-order valence-electron chi connectivity index (χ2n) is 28.4. The van der Waals surface area contributed by atoms with Gasteiger partial charge >= 0.3 is 41.5 Å². The van der Waals surface area contributed by atoms with Gasteiger partial charge in [-0.3, -0.25) is 13.8 Å². The van der Waals surface area contributed by atoms with E-state index in [4.69, 9.17) is 65.8 Å². The molecule has 0 bridgehead atoms. The molecule has 6 aliphatic heterocycles. The molecular formula is C60H95NaO29S. The second kappa shape index (κ2) is 28.1. The summed E-state index contributed by atoms with van der Waals surface area (Å²) < 4.78 is 120.